The van der Waals surface area contributed by atoms with E-state index in [1.807, 2.05) is 0 Å². The number of anilines is 1. The van der Waals surface area contributed by atoms with Crippen molar-refractivity contribution in [2.75, 3.05) is 23.7 Å². The fourth-order valence-corrected chi connectivity index (χ4v) is 5.81. The van der Waals surface area contributed by atoms with Gasteiger partial charge in [-0.2, -0.15) is 0 Å². The van der Waals surface area contributed by atoms with E-state index in [0.717, 1.165) is 12.1 Å². The van der Waals surface area contributed by atoms with Gasteiger partial charge in [-0.05, 0) is 37.6 Å². The van der Waals surface area contributed by atoms with Gasteiger partial charge in [0.2, 0.25) is 10.0 Å². The zero-order valence-corrected chi connectivity index (χ0v) is 19.8. The highest BCUT2D eigenvalue weighted by molar-refractivity contribution is 9.10. The van der Waals surface area contributed by atoms with Crippen LogP contribution in [0.15, 0.2) is 39.3 Å². The van der Waals surface area contributed by atoms with Crippen molar-refractivity contribution in [3.05, 3.63) is 46.4 Å². The molecule has 2 aromatic carbocycles. The number of nitrogens with one attached hydrogen (secondary N) is 1. The largest absolute Gasteiger partial charge is 0.354 e. The highest BCUT2D eigenvalue weighted by Crippen LogP contribution is 2.42. The van der Waals surface area contributed by atoms with Crippen molar-refractivity contribution >= 4 is 48.8 Å². The van der Waals surface area contributed by atoms with E-state index in [2.05, 4.69) is 25.8 Å². The summed E-state index contributed by atoms with van der Waals surface area (Å²) in [6.07, 6.45) is 0.456. The maximum absolute atomic E-state index is 14.6. The number of halogens is 3. The first-order valence-corrected chi connectivity index (χ1v) is 12.7. The van der Waals surface area contributed by atoms with Gasteiger partial charge in [-0.1, -0.05) is 27.2 Å². The van der Waals surface area contributed by atoms with Crippen LogP contribution in [0.25, 0.3) is 22.1 Å². The second-order valence-electron chi connectivity index (χ2n) is 8.08. The van der Waals surface area contributed by atoms with Gasteiger partial charge < -0.3 is 9.42 Å². The summed E-state index contributed by atoms with van der Waals surface area (Å²) < 4.78 is 61.6. The third-order valence-electron chi connectivity index (χ3n) is 6.02. The second kappa shape index (κ2) is 8.03. The summed E-state index contributed by atoms with van der Waals surface area (Å²) in [6, 6.07) is 5.82. The predicted molar refractivity (Wildman–Crippen MR) is 121 cm³/mol. The summed E-state index contributed by atoms with van der Waals surface area (Å²) in [5.74, 6) is -1.37. The lowest BCUT2D eigenvalue weighted by Gasteiger charge is -2.18. The molecule has 2 atom stereocenters. The van der Waals surface area contributed by atoms with Crippen LogP contribution in [0.4, 0.5) is 19.4 Å². The van der Waals surface area contributed by atoms with Crippen LogP contribution in [0.5, 0.6) is 0 Å². The van der Waals surface area contributed by atoms with E-state index < -0.39 is 21.7 Å². The Morgan fingerprint density at radius 2 is 1.97 bits per heavy atom. The number of benzene rings is 2. The number of amides is 2. The summed E-state index contributed by atoms with van der Waals surface area (Å²) in [4.78, 5) is 16.2. The molecule has 1 aromatic heterocycles. The first-order chi connectivity index (χ1) is 15.7. The van der Waals surface area contributed by atoms with E-state index in [0.29, 0.717) is 16.3 Å². The molecular weight excluding hydrogens is 522 g/mol. The molecule has 2 amide bonds. The van der Waals surface area contributed by atoms with Crippen LogP contribution in [0.1, 0.15) is 13.3 Å². The summed E-state index contributed by atoms with van der Waals surface area (Å²) in [7, 11) is -3.39. The Kier molecular flexibility index (Phi) is 5.41. The Morgan fingerprint density at radius 3 is 2.64 bits per heavy atom. The molecule has 0 bridgehead atoms. The van der Waals surface area contributed by atoms with Crippen LogP contribution in [-0.4, -0.2) is 55.4 Å². The smallest absolute Gasteiger partial charge is 0.326 e. The van der Waals surface area contributed by atoms with Crippen molar-refractivity contribution in [3.63, 3.8) is 0 Å². The number of carbonyl (C=O) groups is 1. The Morgan fingerprint density at radius 1 is 1.24 bits per heavy atom. The van der Waals surface area contributed by atoms with E-state index in [1.54, 1.807) is 24.0 Å². The number of carbonyl (C=O) groups excluding carboxylic acids is 1. The Labute approximate surface area is 196 Å². The van der Waals surface area contributed by atoms with Gasteiger partial charge in [0.05, 0.1) is 22.7 Å². The average molecular weight is 541 g/mol. The van der Waals surface area contributed by atoms with Crippen LogP contribution >= 0.6 is 15.9 Å². The van der Waals surface area contributed by atoms with Crippen LogP contribution in [-0.2, 0) is 10.0 Å². The molecule has 1 N–H and O–H groups in total. The fourth-order valence-electron chi connectivity index (χ4n) is 4.53. The molecule has 3 heterocycles. The van der Waals surface area contributed by atoms with Gasteiger partial charge in [0.15, 0.2) is 11.4 Å². The molecule has 2 aliphatic heterocycles. The van der Waals surface area contributed by atoms with E-state index >= 15 is 0 Å². The topological polar surface area (TPSA) is 95.7 Å². The van der Waals surface area contributed by atoms with Crippen molar-refractivity contribution < 1.29 is 26.5 Å². The molecule has 2 fully saturated rings. The van der Waals surface area contributed by atoms with E-state index in [4.69, 9.17) is 4.52 Å². The van der Waals surface area contributed by atoms with E-state index in [-0.39, 0.29) is 59.5 Å². The zero-order valence-electron chi connectivity index (χ0n) is 17.4. The molecule has 8 nitrogen and oxygen atoms in total. The average Bonchev–Trinajstić information content (AvgIpc) is 3.41. The lowest BCUT2D eigenvalue weighted by atomic mass is 10.00. The Bertz CT molecular complexity index is 1360. The van der Waals surface area contributed by atoms with Crippen molar-refractivity contribution in [1.82, 2.24) is 14.8 Å². The van der Waals surface area contributed by atoms with Crippen LogP contribution in [0.3, 0.4) is 0 Å². The number of fused-ring (bicyclic) bond motifs is 2. The molecule has 0 spiro atoms. The lowest BCUT2D eigenvalue weighted by molar-refractivity contribution is 0.218. The number of urea groups is 1. The quantitative estimate of drug-likeness (QED) is 0.530. The van der Waals surface area contributed by atoms with Crippen molar-refractivity contribution in [2.45, 2.75) is 25.4 Å². The molecule has 33 heavy (non-hydrogen) atoms. The summed E-state index contributed by atoms with van der Waals surface area (Å²) in [5.41, 5.74) is 0.236. The standard InChI is InChI=1S/C21H19BrF2N4O4S/c1-2-33(30,31)26-12-8-13-10-28(21(29)27(13)9-12)20-19-14(6-11(22)7-17(19)32-25-20)18-15(23)4-3-5-16(18)24/h3-7,12-13,26H,2,8-10H2,1H3/t12-,13-/m0/s1. The number of hydrogen-bond acceptors (Lipinski definition) is 5. The molecule has 5 rings (SSSR count). The van der Waals surface area contributed by atoms with Gasteiger partial charge in [-0.3, -0.25) is 4.90 Å². The second-order valence-corrected chi connectivity index (χ2v) is 11.0. The third kappa shape index (κ3) is 3.79. The van der Waals surface area contributed by atoms with Gasteiger partial charge in [0, 0.05) is 29.2 Å². The fraction of sp³-hybridized carbons (Fsp3) is 0.333. The predicted octanol–water partition coefficient (Wildman–Crippen LogP) is 3.86. The molecule has 0 radical (unpaired) electrons. The number of aromatic nitrogens is 1. The maximum atomic E-state index is 14.6. The summed E-state index contributed by atoms with van der Waals surface area (Å²) >= 11 is 3.33. The van der Waals surface area contributed by atoms with Gasteiger partial charge in [0.25, 0.3) is 0 Å². The Balaban J connectivity index is 1.52. The van der Waals surface area contributed by atoms with Gasteiger partial charge in [-0.25, -0.2) is 26.7 Å². The normalized spacial score (nSPS) is 20.8. The van der Waals surface area contributed by atoms with E-state index in [1.165, 1.54) is 11.0 Å². The maximum Gasteiger partial charge on any atom is 0.326 e. The minimum Gasteiger partial charge on any atom is -0.354 e. The van der Waals surface area contributed by atoms with Crippen LogP contribution in [0, 0.1) is 11.6 Å². The molecular formula is C21H19BrF2N4O4S. The highest BCUT2D eigenvalue weighted by atomic mass is 79.9. The van der Waals surface area contributed by atoms with Crippen molar-refractivity contribution in [2.24, 2.45) is 0 Å². The molecule has 2 aliphatic rings. The molecule has 2 saturated heterocycles. The molecule has 0 unspecified atom stereocenters. The first-order valence-electron chi connectivity index (χ1n) is 10.3. The van der Waals surface area contributed by atoms with Crippen molar-refractivity contribution in [3.8, 4) is 11.1 Å². The van der Waals surface area contributed by atoms with Crippen molar-refractivity contribution in [1.29, 1.82) is 0 Å². The SMILES string of the molecule is CCS(=O)(=O)N[C@H]1C[C@H]2CN(c3noc4cc(Br)cc(-c5c(F)cccc5F)c34)C(=O)N2C1. The number of sulfonamides is 1. The van der Waals surface area contributed by atoms with E-state index in [9.17, 15) is 22.0 Å². The Hall–Kier alpha value is -2.57. The highest BCUT2D eigenvalue weighted by Gasteiger charge is 2.46. The summed E-state index contributed by atoms with van der Waals surface area (Å²) in [5, 5.41) is 4.38. The first kappa shape index (κ1) is 22.2. The lowest BCUT2D eigenvalue weighted by Crippen LogP contribution is -2.41. The van der Waals surface area contributed by atoms with Gasteiger partial charge >= 0.3 is 6.03 Å². The molecule has 3 aromatic rings. The number of hydrogen-bond donors (Lipinski definition) is 1. The minimum atomic E-state index is -3.39. The third-order valence-corrected chi connectivity index (χ3v) is 7.93. The molecule has 0 aliphatic carbocycles. The summed E-state index contributed by atoms with van der Waals surface area (Å²) in [6.45, 7) is 2.03. The molecule has 12 heteroatoms. The monoisotopic (exact) mass is 540 g/mol. The minimum absolute atomic E-state index is 0.0376. The molecule has 174 valence electrons. The van der Waals surface area contributed by atoms with Crippen LogP contribution < -0.4 is 9.62 Å². The van der Waals surface area contributed by atoms with Gasteiger partial charge in [-0.15, -0.1) is 0 Å². The number of nitrogens with zero attached hydrogens (tertiary/aromatic N) is 3. The van der Waals surface area contributed by atoms with Crippen LogP contribution in [0.2, 0.25) is 0 Å². The van der Waals surface area contributed by atoms with Gasteiger partial charge in [0.1, 0.15) is 11.6 Å². The number of rotatable bonds is 5. The zero-order chi connectivity index (χ0) is 23.5. The molecule has 0 saturated carbocycles.